The minimum atomic E-state index is -1.54. The molecule has 0 unspecified atom stereocenters. The van der Waals surface area contributed by atoms with Crippen molar-refractivity contribution in [3.8, 4) is 0 Å². The van der Waals surface area contributed by atoms with Gasteiger partial charge in [-0.3, -0.25) is 19.2 Å². The summed E-state index contributed by atoms with van der Waals surface area (Å²) in [6.45, 7) is 7.50. The van der Waals surface area contributed by atoms with Crippen molar-refractivity contribution in [2.45, 2.75) is 64.7 Å². The minimum Gasteiger partial charge on any atom is -0.466 e. The van der Waals surface area contributed by atoms with Crippen LogP contribution in [0.1, 0.15) is 27.7 Å². The molecule has 33 heavy (non-hydrogen) atoms. The SMILES string of the molecule is C=C(C(=O)OC)[C@H](OC)O[C@@H]1O[C@H](COC(C)=O)[C@@H](OC(C)=O)[C@H](OC(C)=O)[C@H]1OC(C)=O. The van der Waals surface area contributed by atoms with Crippen LogP contribution >= 0.6 is 0 Å². The van der Waals surface area contributed by atoms with E-state index in [0.717, 1.165) is 34.8 Å². The highest BCUT2D eigenvalue weighted by atomic mass is 16.8. The molecule has 0 radical (unpaired) electrons. The number of carbonyl (C=O) groups excluding carboxylic acids is 5. The first kappa shape index (κ1) is 28.0. The van der Waals surface area contributed by atoms with E-state index in [0.29, 0.717) is 0 Å². The van der Waals surface area contributed by atoms with Crippen LogP contribution < -0.4 is 0 Å². The van der Waals surface area contributed by atoms with Crippen LogP contribution in [0.3, 0.4) is 0 Å². The predicted octanol–water partition coefficient (Wildman–Crippen LogP) is -0.212. The van der Waals surface area contributed by atoms with Gasteiger partial charge in [-0.25, -0.2) is 4.79 Å². The molecule has 6 atom stereocenters. The van der Waals surface area contributed by atoms with Crippen LogP contribution in [0.5, 0.6) is 0 Å². The molecule has 0 spiro atoms. The lowest BCUT2D eigenvalue weighted by molar-refractivity contribution is -0.332. The lowest BCUT2D eigenvalue weighted by Crippen LogP contribution is -2.63. The average Bonchev–Trinajstić information content (AvgIpc) is 2.72. The molecule has 0 aromatic carbocycles. The molecule has 0 bridgehead atoms. The highest BCUT2D eigenvalue weighted by Gasteiger charge is 2.53. The fourth-order valence-corrected chi connectivity index (χ4v) is 2.93. The molecule has 1 aliphatic heterocycles. The molecule has 0 amide bonds. The average molecular weight is 476 g/mol. The van der Waals surface area contributed by atoms with Crippen molar-refractivity contribution < 1.29 is 61.9 Å². The molecule has 13 nitrogen and oxygen atoms in total. The Morgan fingerprint density at radius 2 is 1.33 bits per heavy atom. The van der Waals surface area contributed by atoms with E-state index >= 15 is 0 Å². The molecule has 0 aromatic rings. The fourth-order valence-electron chi connectivity index (χ4n) is 2.93. The number of esters is 5. The summed E-state index contributed by atoms with van der Waals surface area (Å²) in [4.78, 5) is 58.5. The quantitative estimate of drug-likeness (QED) is 0.176. The highest BCUT2D eigenvalue weighted by molar-refractivity contribution is 5.88. The number of methoxy groups -OCH3 is 2. The second kappa shape index (κ2) is 12.9. The van der Waals surface area contributed by atoms with Gasteiger partial charge in [-0.15, -0.1) is 0 Å². The van der Waals surface area contributed by atoms with Crippen LogP contribution in [0.15, 0.2) is 12.2 Å². The number of ether oxygens (including phenoxy) is 8. The largest absolute Gasteiger partial charge is 0.466 e. The third-order valence-electron chi connectivity index (χ3n) is 4.15. The van der Waals surface area contributed by atoms with Gasteiger partial charge >= 0.3 is 29.8 Å². The van der Waals surface area contributed by atoms with Crippen LogP contribution in [0.2, 0.25) is 0 Å². The van der Waals surface area contributed by atoms with Crippen molar-refractivity contribution in [3.63, 3.8) is 0 Å². The number of hydrogen-bond acceptors (Lipinski definition) is 13. The molecule has 0 N–H and O–H groups in total. The first-order valence-electron chi connectivity index (χ1n) is 9.67. The lowest BCUT2D eigenvalue weighted by Gasteiger charge is -2.44. The van der Waals surface area contributed by atoms with E-state index in [2.05, 4.69) is 11.3 Å². The summed E-state index contributed by atoms with van der Waals surface area (Å²) in [7, 11) is 2.32. The number of hydrogen-bond donors (Lipinski definition) is 0. The van der Waals surface area contributed by atoms with Gasteiger partial charge in [-0.2, -0.15) is 0 Å². The van der Waals surface area contributed by atoms with Gasteiger partial charge in [-0.05, 0) is 0 Å². The summed E-state index contributed by atoms with van der Waals surface area (Å²) in [6.07, 6.45) is -8.45. The van der Waals surface area contributed by atoms with E-state index in [4.69, 9.17) is 33.2 Å². The molecule has 1 fully saturated rings. The van der Waals surface area contributed by atoms with Gasteiger partial charge in [0.25, 0.3) is 0 Å². The van der Waals surface area contributed by atoms with Crippen molar-refractivity contribution in [1.29, 1.82) is 0 Å². The summed E-state index contributed by atoms with van der Waals surface area (Å²) in [5.74, 6) is -3.91. The van der Waals surface area contributed by atoms with Crippen LogP contribution in [0.4, 0.5) is 0 Å². The van der Waals surface area contributed by atoms with Gasteiger partial charge in [0.1, 0.15) is 12.7 Å². The molecule has 186 valence electrons. The molecular weight excluding hydrogens is 448 g/mol. The van der Waals surface area contributed by atoms with Crippen LogP contribution in [-0.2, 0) is 61.9 Å². The summed E-state index contributed by atoms with van der Waals surface area (Å²) < 4.78 is 41.8. The Bertz CT molecular complexity index is 761. The summed E-state index contributed by atoms with van der Waals surface area (Å²) >= 11 is 0. The van der Waals surface area contributed by atoms with E-state index in [-0.39, 0.29) is 5.57 Å². The van der Waals surface area contributed by atoms with E-state index < -0.39 is 73.4 Å². The Balaban J connectivity index is 3.42. The Morgan fingerprint density at radius 1 is 0.818 bits per heavy atom. The Labute approximate surface area is 190 Å². The summed E-state index contributed by atoms with van der Waals surface area (Å²) in [6, 6.07) is 0. The third kappa shape index (κ3) is 8.44. The molecule has 1 heterocycles. The smallest absolute Gasteiger partial charge is 0.338 e. The second-order valence-corrected chi connectivity index (χ2v) is 6.79. The fraction of sp³-hybridized carbons (Fsp3) is 0.650. The topological polar surface area (TPSA) is 159 Å². The molecule has 13 heteroatoms. The van der Waals surface area contributed by atoms with Crippen molar-refractivity contribution in [2.24, 2.45) is 0 Å². The van der Waals surface area contributed by atoms with E-state index in [9.17, 15) is 24.0 Å². The zero-order valence-electron chi connectivity index (χ0n) is 19.2. The van der Waals surface area contributed by atoms with Crippen molar-refractivity contribution in [3.05, 3.63) is 12.2 Å². The summed E-state index contributed by atoms with van der Waals surface area (Å²) in [5, 5.41) is 0. The molecule has 1 rings (SSSR count). The number of rotatable bonds is 10. The first-order valence-corrected chi connectivity index (χ1v) is 9.67. The predicted molar refractivity (Wildman–Crippen MR) is 105 cm³/mol. The van der Waals surface area contributed by atoms with Gasteiger partial charge in [-0.1, -0.05) is 6.58 Å². The standard InChI is InChI=1S/C20H28O13/c1-9(18(25)26-6)19(27-7)33-20-17(31-13(5)24)16(30-12(4)23)15(29-11(3)22)14(32-20)8-28-10(2)21/h14-17,19-20H,1,8H2,2-7H3/t14-,15-,16+,17-,19-,20+/m1/s1. The minimum absolute atomic E-state index is 0.257. The maximum Gasteiger partial charge on any atom is 0.338 e. The Kier molecular flexibility index (Phi) is 10.9. The molecule has 0 aromatic heterocycles. The van der Waals surface area contributed by atoms with E-state index in [1.165, 1.54) is 7.11 Å². The Morgan fingerprint density at radius 3 is 1.79 bits per heavy atom. The van der Waals surface area contributed by atoms with Crippen molar-refractivity contribution in [1.82, 2.24) is 0 Å². The first-order chi connectivity index (χ1) is 15.4. The monoisotopic (exact) mass is 476 g/mol. The highest BCUT2D eigenvalue weighted by Crippen LogP contribution is 2.31. The molecule has 0 aliphatic carbocycles. The maximum absolute atomic E-state index is 11.8. The van der Waals surface area contributed by atoms with Gasteiger partial charge in [0, 0.05) is 34.8 Å². The van der Waals surface area contributed by atoms with Gasteiger partial charge < -0.3 is 37.9 Å². The van der Waals surface area contributed by atoms with E-state index in [1.54, 1.807) is 0 Å². The number of carbonyl (C=O) groups is 5. The van der Waals surface area contributed by atoms with E-state index in [1.807, 2.05) is 0 Å². The zero-order chi connectivity index (χ0) is 25.3. The van der Waals surface area contributed by atoms with Crippen LogP contribution in [-0.4, -0.2) is 87.7 Å². The molecular formula is C20H28O13. The van der Waals surface area contributed by atoms with Crippen molar-refractivity contribution in [2.75, 3.05) is 20.8 Å². The molecule has 1 aliphatic rings. The maximum atomic E-state index is 11.8. The molecule has 1 saturated heterocycles. The lowest BCUT2D eigenvalue weighted by atomic mass is 9.98. The normalized spacial score (nSPS) is 25.2. The molecule has 0 saturated carbocycles. The van der Waals surface area contributed by atoms with Gasteiger partial charge in [0.2, 0.25) is 6.29 Å². The van der Waals surface area contributed by atoms with Gasteiger partial charge in [0.15, 0.2) is 24.6 Å². The third-order valence-corrected chi connectivity index (χ3v) is 4.15. The van der Waals surface area contributed by atoms with Crippen LogP contribution in [0.25, 0.3) is 0 Å². The zero-order valence-corrected chi connectivity index (χ0v) is 19.2. The Hall–Kier alpha value is -3.03. The van der Waals surface area contributed by atoms with Crippen LogP contribution in [0, 0.1) is 0 Å². The van der Waals surface area contributed by atoms with Crippen molar-refractivity contribution >= 4 is 29.8 Å². The summed E-state index contributed by atoms with van der Waals surface area (Å²) in [5.41, 5.74) is -0.257. The van der Waals surface area contributed by atoms with Gasteiger partial charge in [0.05, 0.1) is 12.7 Å². The second-order valence-electron chi connectivity index (χ2n) is 6.79.